The quantitative estimate of drug-likeness (QED) is 0.913. The molecule has 1 heterocycles. The van der Waals surface area contributed by atoms with Gasteiger partial charge in [0.2, 0.25) is 0 Å². The van der Waals surface area contributed by atoms with Crippen LogP contribution in [0.4, 0.5) is 0 Å². The molecule has 3 atom stereocenters. The maximum atomic E-state index is 10.9. The molecule has 1 aromatic rings. The van der Waals surface area contributed by atoms with E-state index >= 15 is 0 Å². The van der Waals surface area contributed by atoms with Crippen molar-refractivity contribution in [2.45, 2.75) is 58.0 Å². The highest BCUT2D eigenvalue weighted by atomic mass is 16.3. The highest BCUT2D eigenvalue weighted by Crippen LogP contribution is 2.66. The molecule has 0 aromatic carbocycles. The van der Waals surface area contributed by atoms with Crippen LogP contribution in [-0.4, -0.2) is 31.4 Å². The molecule has 4 fully saturated rings. The van der Waals surface area contributed by atoms with E-state index in [1.165, 1.54) is 43.3 Å². The fourth-order valence-electron chi connectivity index (χ4n) is 5.98. The molecule has 20 heavy (non-hydrogen) atoms. The van der Waals surface area contributed by atoms with Crippen molar-refractivity contribution < 1.29 is 5.11 Å². The molecule has 1 aromatic heterocycles. The average Bonchev–Trinajstić information content (AvgIpc) is 2.71. The van der Waals surface area contributed by atoms with Crippen LogP contribution in [0.3, 0.4) is 0 Å². The lowest BCUT2D eigenvalue weighted by atomic mass is 9.43. The smallest absolute Gasteiger partial charge is 0.177 e. The van der Waals surface area contributed by atoms with Crippen LogP contribution >= 0.6 is 0 Å². The van der Waals surface area contributed by atoms with Crippen LogP contribution in [0.1, 0.15) is 51.3 Å². The molecule has 1 N–H and O–H groups in total. The van der Waals surface area contributed by atoms with Crippen molar-refractivity contribution in [2.75, 3.05) is 0 Å². The zero-order chi connectivity index (χ0) is 14.0. The fourth-order valence-corrected chi connectivity index (χ4v) is 5.98. The van der Waals surface area contributed by atoms with Gasteiger partial charge in [-0.25, -0.2) is 0 Å². The number of hydrogen-bond donors (Lipinski definition) is 1. The van der Waals surface area contributed by atoms with E-state index in [9.17, 15) is 5.11 Å². The van der Waals surface area contributed by atoms with E-state index in [2.05, 4.69) is 22.3 Å². The predicted molar refractivity (Wildman–Crippen MR) is 73.7 cm³/mol. The van der Waals surface area contributed by atoms with Gasteiger partial charge in [0, 0.05) is 6.42 Å². The van der Waals surface area contributed by atoms with Crippen molar-refractivity contribution >= 4 is 0 Å². The Balaban J connectivity index is 1.57. The summed E-state index contributed by atoms with van der Waals surface area (Å²) in [5.74, 6) is 2.36. The number of tetrazole rings is 1. The molecule has 0 saturated heterocycles. The van der Waals surface area contributed by atoms with Gasteiger partial charge in [0.1, 0.15) is 0 Å². The molecule has 0 radical (unpaired) electrons. The highest BCUT2D eigenvalue weighted by Gasteiger charge is 2.58. The van der Waals surface area contributed by atoms with Gasteiger partial charge >= 0.3 is 0 Å². The van der Waals surface area contributed by atoms with Gasteiger partial charge in [0.25, 0.3) is 0 Å². The number of aryl methyl sites for hydroxylation is 1. The number of nitrogens with zero attached hydrogens (tertiary/aromatic N) is 4. The standard InChI is InChI=1S/C15H24N4O/c1-14-5-10-3-11(6-14)8-15(7-10,9-14)12(20)4-13-16-18-19(2)17-13/h10-12,20H,3-9H2,1-2H3. The third-order valence-electron chi connectivity index (χ3n) is 6.03. The minimum atomic E-state index is -0.308. The summed E-state index contributed by atoms with van der Waals surface area (Å²) in [4.78, 5) is 1.48. The van der Waals surface area contributed by atoms with Gasteiger partial charge in [-0.3, -0.25) is 0 Å². The first kappa shape index (κ1) is 12.7. The molecule has 0 amide bonds. The molecule has 5 rings (SSSR count). The first-order valence-electron chi connectivity index (χ1n) is 7.87. The normalized spacial score (nSPS) is 44.0. The van der Waals surface area contributed by atoms with Crippen LogP contribution in [0.15, 0.2) is 0 Å². The van der Waals surface area contributed by atoms with Crippen molar-refractivity contribution in [3.05, 3.63) is 5.82 Å². The molecule has 0 aliphatic heterocycles. The maximum Gasteiger partial charge on any atom is 0.177 e. The number of aliphatic hydroxyl groups excluding tert-OH is 1. The molecule has 4 saturated carbocycles. The van der Waals surface area contributed by atoms with Crippen molar-refractivity contribution in [1.29, 1.82) is 0 Å². The Morgan fingerprint density at radius 2 is 2.00 bits per heavy atom. The molecule has 4 aliphatic carbocycles. The lowest BCUT2D eigenvalue weighted by Gasteiger charge is -2.62. The van der Waals surface area contributed by atoms with Crippen LogP contribution in [0.25, 0.3) is 0 Å². The van der Waals surface area contributed by atoms with Crippen LogP contribution in [0, 0.1) is 22.7 Å². The van der Waals surface area contributed by atoms with Crippen LogP contribution in [-0.2, 0) is 13.5 Å². The van der Waals surface area contributed by atoms with E-state index in [-0.39, 0.29) is 11.5 Å². The van der Waals surface area contributed by atoms with E-state index in [1.807, 2.05) is 0 Å². The third kappa shape index (κ3) is 1.90. The molecule has 4 aliphatic rings. The first-order chi connectivity index (χ1) is 9.46. The molecule has 5 heteroatoms. The van der Waals surface area contributed by atoms with E-state index in [0.29, 0.717) is 17.7 Å². The van der Waals surface area contributed by atoms with Gasteiger partial charge < -0.3 is 5.11 Å². The summed E-state index contributed by atoms with van der Waals surface area (Å²) in [6.45, 7) is 2.44. The summed E-state index contributed by atoms with van der Waals surface area (Å²) in [5.41, 5.74) is 0.596. The summed E-state index contributed by atoms with van der Waals surface area (Å²) in [6, 6.07) is 0. The SMILES string of the molecule is Cn1nnc(CC(O)C23CC4CC(CC(C)(C4)C2)C3)n1. The zero-order valence-electron chi connectivity index (χ0n) is 12.4. The summed E-state index contributed by atoms with van der Waals surface area (Å²) in [7, 11) is 1.77. The van der Waals surface area contributed by atoms with Crippen molar-refractivity contribution in [3.8, 4) is 0 Å². The minimum Gasteiger partial charge on any atom is -0.392 e. The highest BCUT2D eigenvalue weighted by molar-refractivity contribution is 5.09. The van der Waals surface area contributed by atoms with E-state index in [4.69, 9.17) is 0 Å². The Morgan fingerprint density at radius 3 is 2.55 bits per heavy atom. The van der Waals surface area contributed by atoms with E-state index < -0.39 is 0 Å². The molecular formula is C15H24N4O. The van der Waals surface area contributed by atoms with Gasteiger partial charge in [-0.15, -0.1) is 10.2 Å². The Morgan fingerprint density at radius 1 is 1.30 bits per heavy atom. The summed E-state index contributed by atoms with van der Waals surface area (Å²) in [5, 5.41) is 23.0. The fraction of sp³-hybridized carbons (Fsp3) is 0.933. The number of aromatic nitrogens is 4. The number of aliphatic hydroxyl groups is 1. The van der Waals surface area contributed by atoms with Gasteiger partial charge in [-0.1, -0.05) is 6.92 Å². The van der Waals surface area contributed by atoms with Gasteiger partial charge in [0.15, 0.2) is 5.82 Å². The molecule has 0 spiro atoms. The Kier molecular flexibility index (Phi) is 2.57. The maximum absolute atomic E-state index is 10.9. The summed E-state index contributed by atoms with van der Waals surface area (Å²) in [6.07, 6.45) is 8.01. The topological polar surface area (TPSA) is 63.8 Å². The van der Waals surface area contributed by atoms with Crippen molar-refractivity contribution in [2.24, 2.45) is 29.7 Å². The summed E-state index contributed by atoms with van der Waals surface area (Å²) < 4.78 is 0. The van der Waals surface area contributed by atoms with Gasteiger partial charge in [0.05, 0.1) is 13.2 Å². The monoisotopic (exact) mass is 276 g/mol. The molecule has 3 unspecified atom stereocenters. The Hall–Kier alpha value is -0.970. The van der Waals surface area contributed by atoms with E-state index in [1.54, 1.807) is 7.05 Å². The van der Waals surface area contributed by atoms with Crippen molar-refractivity contribution in [3.63, 3.8) is 0 Å². The summed E-state index contributed by atoms with van der Waals surface area (Å²) >= 11 is 0. The lowest BCUT2D eigenvalue weighted by Crippen LogP contribution is -2.55. The average molecular weight is 276 g/mol. The molecule has 4 bridgehead atoms. The molecule has 5 nitrogen and oxygen atoms in total. The molecular weight excluding hydrogens is 252 g/mol. The van der Waals surface area contributed by atoms with Crippen molar-refractivity contribution in [1.82, 2.24) is 20.2 Å². The number of hydrogen-bond acceptors (Lipinski definition) is 4. The minimum absolute atomic E-state index is 0.123. The van der Waals surface area contributed by atoms with Gasteiger partial charge in [-0.05, 0) is 66.4 Å². The second kappa shape index (κ2) is 4.03. The molecule has 110 valence electrons. The first-order valence-corrected chi connectivity index (χ1v) is 7.87. The van der Waals surface area contributed by atoms with Gasteiger partial charge in [-0.2, -0.15) is 4.80 Å². The Labute approximate surface area is 119 Å². The number of rotatable bonds is 3. The van der Waals surface area contributed by atoms with Crippen LogP contribution in [0.5, 0.6) is 0 Å². The third-order valence-corrected chi connectivity index (χ3v) is 6.03. The zero-order valence-corrected chi connectivity index (χ0v) is 12.4. The van der Waals surface area contributed by atoms with Crippen LogP contribution in [0.2, 0.25) is 0 Å². The second-order valence-corrected chi connectivity index (χ2v) is 8.05. The largest absolute Gasteiger partial charge is 0.392 e. The predicted octanol–water partition coefficient (Wildman–Crippen LogP) is 1.72. The van der Waals surface area contributed by atoms with Crippen LogP contribution < -0.4 is 0 Å². The Bertz CT molecular complexity index is 512. The van der Waals surface area contributed by atoms with E-state index in [0.717, 1.165) is 11.8 Å². The second-order valence-electron chi connectivity index (χ2n) is 8.05. The lowest BCUT2D eigenvalue weighted by molar-refractivity contribution is -0.153.